The van der Waals surface area contributed by atoms with Gasteiger partial charge >= 0.3 is 0 Å². The van der Waals surface area contributed by atoms with Crippen molar-refractivity contribution in [3.8, 4) is 0 Å². The minimum atomic E-state index is -0.00843. The maximum Gasteiger partial charge on any atom is 0.0281 e. The molecule has 2 fully saturated rings. The molecule has 2 nitrogen and oxygen atoms in total. The highest BCUT2D eigenvalue weighted by molar-refractivity contribution is 4.95. The Balaban J connectivity index is 1.93. The van der Waals surface area contributed by atoms with E-state index in [-0.39, 0.29) is 5.54 Å². The van der Waals surface area contributed by atoms with E-state index in [1.165, 1.54) is 32.1 Å². The van der Waals surface area contributed by atoms with Gasteiger partial charge in [-0.3, -0.25) is 0 Å². The molecule has 0 aromatic carbocycles. The molecule has 0 aromatic heterocycles. The SMILES string of the molecule is NCC1(N)CCCC(C2CC2)C1. The molecule has 2 atom stereocenters. The third-order valence-corrected chi connectivity index (χ3v) is 3.61. The van der Waals surface area contributed by atoms with Crippen LogP contribution in [0.1, 0.15) is 38.5 Å². The number of hydrogen-bond donors (Lipinski definition) is 2. The molecule has 0 bridgehead atoms. The van der Waals surface area contributed by atoms with Crippen molar-refractivity contribution in [1.82, 2.24) is 0 Å². The van der Waals surface area contributed by atoms with Crippen LogP contribution in [0, 0.1) is 11.8 Å². The van der Waals surface area contributed by atoms with Crippen LogP contribution in [0.2, 0.25) is 0 Å². The summed E-state index contributed by atoms with van der Waals surface area (Å²) in [5.74, 6) is 1.92. The topological polar surface area (TPSA) is 52.0 Å². The lowest BCUT2D eigenvalue weighted by molar-refractivity contribution is 0.211. The highest BCUT2D eigenvalue weighted by atomic mass is 14.8. The Hall–Kier alpha value is -0.0800. The van der Waals surface area contributed by atoms with E-state index in [0.29, 0.717) is 6.54 Å². The summed E-state index contributed by atoms with van der Waals surface area (Å²) in [6, 6.07) is 0. The van der Waals surface area contributed by atoms with E-state index in [2.05, 4.69) is 0 Å². The molecule has 70 valence electrons. The molecule has 0 amide bonds. The van der Waals surface area contributed by atoms with Crippen LogP contribution in [-0.4, -0.2) is 12.1 Å². The third-order valence-electron chi connectivity index (χ3n) is 3.61. The second-order valence-corrected chi connectivity index (χ2v) is 4.76. The summed E-state index contributed by atoms with van der Waals surface area (Å²) in [5.41, 5.74) is 11.9. The van der Waals surface area contributed by atoms with Gasteiger partial charge in [-0.05, 0) is 37.5 Å². The first-order valence-electron chi connectivity index (χ1n) is 5.22. The fourth-order valence-corrected chi connectivity index (χ4v) is 2.60. The lowest BCUT2D eigenvalue weighted by Crippen LogP contribution is -2.50. The van der Waals surface area contributed by atoms with Crippen molar-refractivity contribution >= 4 is 0 Å². The fraction of sp³-hybridized carbons (Fsp3) is 1.00. The summed E-state index contributed by atoms with van der Waals surface area (Å²) >= 11 is 0. The summed E-state index contributed by atoms with van der Waals surface area (Å²) in [7, 11) is 0. The van der Waals surface area contributed by atoms with E-state index < -0.39 is 0 Å². The molecule has 0 heterocycles. The normalized spacial score (nSPS) is 43.0. The van der Waals surface area contributed by atoms with E-state index in [4.69, 9.17) is 11.5 Å². The van der Waals surface area contributed by atoms with Gasteiger partial charge < -0.3 is 11.5 Å². The standard InChI is InChI=1S/C10H20N2/c11-7-10(12)5-1-2-9(6-10)8-3-4-8/h8-9H,1-7,11-12H2. The molecule has 2 unspecified atom stereocenters. The van der Waals surface area contributed by atoms with Gasteiger partial charge in [0, 0.05) is 12.1 Å². The maximum atomic E-state index is 6.19. The Morgan fingerprint density at radius 2 is 1.92 bits per heavy atom. The maximum absolute atomic E-state index is 6.19. The van der Waals surface area contributed by atoms with Gasteiger partial charge in [0.25, 0.3) is 0 Å². The van der Waals surface area contributed by atoms with Gasteiger partial charge in [0.15, 0.2) is 0 Å². The smallest absolute Gasteiger partial charge is 0.0281 e. The molecule has 2 aliphatic carbocycles. The quantitative estimate of drug-likeness (QED) is 0.652. The first-order valence-corrected chi connectivity index (χ1v) is 5.22. The third kappa shape index (κ3) is 1.64. The monoisotopic (exact) mass is 168 g/mol. The van der Waals surface area contributed by atoms with Crippen LogP contribution < -0.4 is 11.5 Å². The zero-order valence-corrected chi connectivity index (χ0v) is 7.76. The second kappa shape index (κ2) is 3.00. The van der Waals surface area contributed by atoms with Crippen molar-refractivity contribution < 1.29 is 0 Å². The zero-order valence-electron chi connectivity index (χ0n) is 7.76. The zero-order chi connectivity index (χ0) is 8.60. The second-order valence-electron chi connectivity index (χ2n) is 4.76. The number of hydrogen-bond acceptors (Lipinski definition) is 2. The molecule has 2 heteroatoms. The Morgan fingerprint density at radius 1 is 1.17 bits per heavy atom. The van der Waals surface area contributed by atoms with E-state index in [9.17, 15) is 0 Å². The van der Waals surface area contributed by atoms with Crippen molar-refractivity contribution in [2.75, 3.05) is 6.54 Å². The van der Waals surface area contributed by atoms with E-state index in [1.54, 1.807) is 0 Å². The van der Waals surface area contributed by atoms with E-state index >= 15 is 0 Å². The molecule has 0 aromatic rings. The van der Waals surface area contributed by atoms with Crippen molar-refractivity contribution in [3.63, 3.8) is 0 Å². The summed E-state index contributed by atoms with van der Waals surface area (Å²) in [4.78, 5) is 0. The largest absolute Gasteiger partial charge is 0.329 e. The summed E-state index contributed by atoms with van der Waals surface area (Å²) in [6.07, 6.45) is 7.94. The van der Waals surface area contributed by atoms with Crippen molar-refractivity contribution in [2.45, 2.75) is 44.1 Å². The molecule has 2 aliphatic rings. The lowest BCUT2D eigenvalue weighted by atomic mass is 9.74. The minimum absolute atomic E-state index is 0.00843. The van der Waals surface area contributed by atoms with Crippen LogP contribution in [0.3, 0.4) is 0 Å². The van der Waals surface area contributed by atoms with Crippen LogP contribution in [-0.2, 0) is 0 Å². The average Bonchev–Trinajstić information content (AvgIpc) is 2.87. The molecule has 4 N–H and O–H groups in total. The molecule has 0 spiro atoms. The van der Waals surface area contributed by atoms with Crippen molar-refractivity contribution in [1.29, 1.82) is 0 Å². The van der Waals surface area contributed by atoms with Crippen LogP contribution in [0.5, 0.6) is 0 Å². The van der Waals surface area contributed by atoms with Gasteiger partial charge in [0.2, 0.25) is 0 Å². The summed E-state index contributed by atoms with van der Waals surface area (Å²) in [5, 5.41) is 0. The Morgan fingerprint density at radius 3 is 2.50 bits per heavy atom. The highest BCUT2D eigenvalue weighted by Crippen LogP contribution is 2.45. The van der Waals surface area contributed by atoms with Gasteiger partial charge in [-0.25, -0.2) is 0 Å². The Labute approximate surface area is 74.7 Å². The van der Waals surface area contributed by atoms with Gasteiger partial charge in [-0.2, -0.15) is 0 Å². The van der Waals surface area contributed by atoms with Gasteiger partial charge in [0.1, 0.15) is 0 Å². The minimum Gasteiger partial charge on any atom is -0.329 e. The highest BCUT2D eigenvalue weighted by Gasteiger charge is 2.39. The molecule has 0 radical (unpaired) electrons. The predicted molar refractivity (Wildman–Crippen MR) is 50.7 cm³/mol. The molecule has 12 heavy (non-hydrogen) atoms. The van der Waals surface area contributed by atoms with E-state index in [0.717, 1.165) is 18.3 Å². The number of nitrogens with two attached hydrogens (primary N) is 2. The van der Waals surface area contributed by atoms with Crippen LogP contribution in [0.15, 0.2) is 0 Å². The molecule has 0 aliphatic heterocycles. The fourth-order valence-electron chi connectivity index (χ4n) is 2.60. The summed E-state index contributed by atoms with van der Waals surface area (Å²) < 4.78 is 0. The van der Waals surface area contributed by atoms with Gasteiger partial charge in [-0.15, -0.1) is 0 Å². The Kier molecular flexibility index (Phi) is 2.13. The molecule has 2 rings (SSSR count). The predicted octanol–water partition coefficient (Wildman–Crippen LogP) is 1.24. The van der Waals surface area contributed by atoms with Crippen LogP contribution in [0.25, 0.3) is 0 Å². The van der Waals surface area contributed by atoms with Crippen LogP contribution in [0.4, 0.5) is 0 Å². The first-order chi connectivity index (χ1) is 5.73. The van der Waals surface area contributed by atoms with Crippen molar-refractivity contribution in [2.24, 2.45) is 23.3 Å². The molecule has 2 saturated carbocycles. The van der Waals surface area contributed by atoms with Gasteiger partial charge in [-0.1, -0.05) is 12.8 Å². The van der Waals surface area contributed by atoms with Gasteiger partial charge in [0.05, 0.1) is 0 Å². The summed E-state index contributed by atoms with van der Waals surface area (Å²) in [6.45, 7) is 0.677. The molecular formula is C10H20N2. The molecule has 0 saturated heterocycles. The Bertz CT molecular complexity index is 165. The first kappa shape index (κ1) is 8.52. The van der Waals surface area contributed by atoms with Crippen molar-refractivity contribution in [3.05, 3.63) is 0 Å². The lowest BCUT2D eigenvalue weighted by Gasteiger charge is -2.37. The van der Waals surface area contributed by atoms with E-state index in [1.807, 2.05) is 0 Å². The molecular weight excluding hydrogens is 148 g/mol. The van der Waals surface area contributed by atoms with Crippen LogP contribution >= 0.6 is 0 Å². The average molecular weight is 168 g/mol. The number of rotatable bonds is 2.